The minimum atomic E-state index is 0.725. The van der Waals surface area contributed by atoms with Gasteiger partial charge in [-0.05, 0) is 35.8 Å². The zero-order valence-electron chi connectivity index (χ0n) is 10.7. The second-order valence-corrected chi connectivity index (χ2v) is 5.17. The van der Waals surface area contributed by atoms with Crippen LogP contribution >= 0.6 is 12.2 Å². The molecule has 0 saturated heterocycles. The van der Waals surface area contributed by atoms with Gasteiger partial charge in [-0.15, -0.1) is 0 Å². The number of imidazole rings is 1. The third kappa shape index (κ3) is 1.60. The Bertz CT molecular complexity index is 974. The highest BCUT2D eigenvalue weighted by Gasteiger charge is 2.08. The molecule has 0 spiro atoms. The summed E-state index contributed by atoms with van der Waals surface area (Å²) in [5, 5.41) is 2.42. The van der Waals surface area contributed by atoms with Gasteiger partial charge in [0.25, 0.3) is 0 Å². The lowest BCUT2D eigenvalue weighted by Gasteiger charge is -2.08. The minimum absolute atomic E-state index is 0.725. The highest BCUT2D eigenvalue weighted by molar-refractivity contribution is 7.71. The normalized spacial score (nSPS) is 11.2. The van der Waals surface area contributed by atoms with E-state index in [4.69, 9.17) is 12.2 Å². The molecule has 0 unspecified atom stereocenters. The van der Waals surface area contributed by atoms with Gasteiger partial charge in [-0.1, -0.05) is 48.5 Å². The third-order valence-corrected chi connectivity index (χ3v) is 3.88. The number of para-hydroxylation sites is 2. The van der Waals surface area contributed by atoms with Gasteiger partial charge in [0, 0.05) is 5.39 Å². The molecule has 1 heterocycles. The predicted octanol–water partition coefficient (Wildman–Crippen LogP) is 4.84. The van der Waals surface area contributed by atoms with E-state index in [-0.39, 0.29) is 0 Å². The number of rotatable bonds is 1. The number of nitrogens with zero attached hydrogens (tertiary/aromatic N) is 1. The third-order valence-electron chi connectivity index (χ3n) is 3.60. The molecule has 1 N–H and O–H groups in total. The number of nitrogens with one attached hydrogen (secondary N) is 1. The fraction of sp³-hybridized carbons (Fsp3) is 0. The van der Waals surface area contributed by atoms with E-state index >= 15 is 0 Å². The molecular formula is C17H12N2S. The molecule has 2 nitrogen and oxygen atoms in total. The number of fused-ring (bicyclic) bond motifs is 2. The average Bonchev–Trinajstić information content (AvgIpc) is 2.82. The second kappa shape index (κ2) is 4.32. The van der Waals surface area contributed by atoms with Gasteiger partial charge in [0.05, 0.1) is 16.7 Å². The quantitative estimate of drug-likeness (QED) is 0.493. The van der Waals surface area contributed by atoms with Crippen LogP contribution in [0.2, 0.25) is 0 Å². The summed E-state index contributed by atoms with van der Waals surface area (Å²) in [4.78, 5) is 3.27. The Morgan fingerprint density at radius 3 is 2.50 bits per heavy atom. The monoisotopic (exact) mass is 276 g/mol. The van der Waals surface area contributed by atoms with Crippen LogP contribution < -0.4 is 0 Å². The van der Waals surface area contributed by atoms with Crippen LogP contribution in [0.25, 0.3) is 27.5 Å². The number of benzene rings is 3. The molecule has 0 fully saturated rings. The van der Waals surface area contributed by atoms with Crippen molar-refractivity contribution in [3.8, 4) is 5.69 Å². The minimum Gasteiger partial charge on any atom is -0.330 e. The molecule has 0 aliphatic rings. The van der Waals surface area contributed by atoms with Crippen LogP contribution in [0.1, 0.15) is 0 Å². The van der Waals surface area contributed by atoms with Gasteiger partial charge in [0.1, 0.15) is 0 Å². The first-order chi connectivity index (χ1) is 9.84. The summed E-state index contributed by atoms with van der Waals surface area (Å²) >= 11 is 5.51. The maximum absolute atomic E-state index is 5.51. The van der Waals surface area contributed by atoms with Crippen molar-refractivity contribution in [2.75, 3.05) is 0 Å². The van der Waals surface area contributed by atoms with Crippen LogP contribution in [0.4, 0.5) is 0 Å². The Kier molecular flexibility index (Phi) is 2.47. The molecule has 0 bridgehead atoms. The van der Waals surface area contributed by atoms with Gasteiger partial charge in [0.2, 0.25) is 0 Å². The van der Waals surface area contributed by atoms with Crippen molar-refractivity contribution in [3.63, 3.8) is 0 Å². The first-order valence-corrected chi connectivity index (χ1v) is 6.93. The summed E-state index contributed by atoms with van der Waals surface area (Å²) in [6, 6.07) is 22.9. The Morgan fingerprint density at radius 1 is 0.800 bits per heavy atom. The average molecular weight is 276 g/mol. The highest BCUT2D eigenvalue weighted by Crippen LogP contribution is 2.26. The molecule has 0 atom stereocenters. The first kappa shape index (κ1) is 11.4. The lowest BCUT2D eigenvalue weighted by Crippen LogP contribution is -1.94. The van der Waals surface area contributed by atoms with Crippen molar-refractivity contribution in [2.45, 2.75) is 0 Å². The summed E-state index contributed by atoms with van der Waals surface area (Å²) < 4.78 is 2.83. The van der Waals surface area contributed by atoms with Crippen LogP contribution in [0.5, 0.6) is 0 Å². The summed E-state index contributed by atoms with van der Waals surface area (Å²) in [6.07, 6.45) is 0. The Morgan fingerprint density at radius 2 is 1.55 bits per heavy atom. The lowest BCUT2D eigenvalue weighted by molar-refractivity contribution is 1.08. The summed E-state index contributed by atoms with van der Waals surface area (Å²) in [5.41, 5.74) is 3.28. The highest BCUT2D eigenvalue weighted by atomic mass is 32.1. The van der Waals surface area contributed by atoms with E-state index in [1.807, 2.05) is 18.2 Å². The predicted molar refractivity (Wildman–Crippen MR) is 86.0 cm³/mol. The molecule has 20 heavy (non-hydrogen) atoms. The number of hydrogen-bond donors (Lipinski definition) is 1. The van der Waals surface area contributed by atoms with Gasteiger partial charge in [-0.3, -0.25) is 4.57 Å². The standard InChI is InChI=1S/C17H12N2S/c20-17-18-14-9-3-4-10-16(14)19(17)15-11-5-7-12-6-1-2-8-13(12)15/h1-11H,(H,18,20). The number of H-pyrrole nitrogens is 1. The van der Waals surface area contributed by atoms with E-state index < -0.39 is 0 Å². The van der Waals surface area contributed by atoms with Crippen LogP contribution in [0.15, 0.2) is 66.7 Å². The molecule has 0 saturated carbocycles. The van der Waals surface area contributed by atoms with Gasteiger partial charge < -0.3 is 4.98 Å². The Hall–Kier alpha value is -2.39. The molecule has 4 rings (SSSR count). The van der Waals surface area contributed by atoms with Crippen molar-refractivity contribution in [3.05, 3.63) is 71.5 Å². The molecular weight excluding hydrogens is 264 g/mol. The van der Waals surface area contributed by atoms with Gasteiger partial charge in [0.15, 0.2) is 4.77 Å². The van der Waals surface area contributed by atoms with Crippen LogP contribution in [0.3, 0.4) is 0 Å². The zero-order chi connectivity index (χ0) is 13.5. The van der Waals surface area contributed by atoms with Crippen molar-refractivity contribution < 1.29 is 0 Å². The van der Waals surface area contributed by atoms with Crippen molar-refractivity contribution in [1.29, 1.82) is 0 Å². The number of aromatic nitrogens is 2. The molecule has 96 valence electrons. The molecule has 0 amide bonds. The largest absolute Gasteiger partial charge is 0.330 e. The summed E-state index contributed by atoms with van der Waals surface area (Å²) in [6.45, 7) is 0. The van der Waals surface area contributed by atoms with Crippen LogP contribution in [-0.2, 0) is 0 Å². The molecule has 0 aliphatic heterocycles. The Balaban J connectivity index is 2.17. The van der Waals surface area contributed by atoms with Gasteiger partial charge in [-0.25, -0.2) is 0 Å². The van der Waals surface area contributed by atoms with Crippen LogP contribution in [0, 0.1) is 4.77 Å². The number of aromatic amines is 1. The van der Waals surface area contributed by atoms with Crippen molar-refractivity contribution in [1.82, 2.24) is 9.55 Å². The second-order valence-electron chi connectivity index (χ2n) is 4.78. The molecule has 3 heteroatoms. The van der Waals surface area contributed by atoms with E-state index in [0.29, 0.717) is 0 Å². The van der Waals surface area contributed by atoms with E-state index in [9.17, 15) is 0 Å². The van der Waals surface area contributed by atoms with Crippen molar-refractivity contribution >= 4 is 34.0 Å². The van der Waals surface area contributed by atoms with Crippen molar-refractivity contribution in [2.24, 2.45) is 0 Å². The Labute approximate surface area is 121 Å². The fourth-order valence-corrected chi connectivity index (χ4v) is 3.00. The smallest absolute Gasteiger partial charge is 0.182 e. The van der Waals surface area contributed by atoms with E-state index in [1.165, 1.54) is 10.8 Å². The van der Waals surface area contributed by atoms with Gasteiger partial charge in [-0.2, -0.15) is 0 Å². The maximum Gasteiger partial charge on any atom is 0.182 e. The lowest BCUT2D eigenvalue weighted by atomic mass is 10.1. The zero-order valence-corrected chi connectivity index (χ0v) is 11.5. The summed E-state index contributed by atoms with van der Waals surface area (Å²) in [7, 11) is 0. The maximum atomic E-state index is 5.51. The van der Waals surface area contributed by atoms with Crippen LogP contribution in [-0.4, -0.2) is 9.55 Å². The number of hydrogen-bond acceptors (Lipinski definition) is 1. The molecule has 0 radical (unpaired) electrons. The first-order valence-electron chi connectivity index (χ1n) is 6.52. The van der Waals surface area contributed by atoms with E-state index in [1.54, 1.807) is 0 Å². The molecule has 1 aromatic heterocycles. The topological polar surface area (TPSA) is 20.7 Å². The van der Waals surface area contributed by atoms with E-state index in [0.717, 1.165) is 21.5 Å². The fourth-order valence-electron chi connectivity index (χ4n) is 2.70. The molecule has 3 aromatic carbocycles. The molecule has 4 aromatic rings. The molecule has 0 aliphatic carbocycles. The van der Waals surface area contributed by atoms with E-state index in [2.05, 4.69) is 58.1 Å². The SMILES string of the molecule is S=c1[nH]c2ccccc2n1-c1cccc2ccccc12. The van der Waals surface area contributed by atoms with Gasteiger partial charge >= 0.3 is 0 Å². The summed E-state index contributed by atoms with van der Waals surface area (Å²) in [5.74, 6) is 0.